The number of hydrogen-bond acceptors (Lipinski definition) is 5. The molecule has 0 spiro atoms. The summed E-state index contributed by atoms with van der Waals surface area (Å²) in [5, 5.41) is 0. The maximum Gasteiger partial charge on any atom is 0.338 e. The van der Waals surface area contributed by atoms with Crippen LogP contribution in [0.3, 0.4) is 0 Å². The summed E-state index contributed by atoms with van der Waals surface area (Å²) < 4.78 is 4.77. The molecule has 6 nitrogen and oxygen atoms in total. The van der Waals surface area contributed by atoms with Gasteiger partial charge in [-0.2, -0.15) is 0 Å². The summed E-state index contributed by atoms with van der Waals surface area (Å²) >= 11 is 0. The van der Waals surface area contributed by atoms with E-state index in [0.29, 0.717) is 24.4 Å². The van der Waals surface area contributed by atoms with E-state index in [1.165, 1.54) is 7.11 Å². The van der Waals surface area contributed by atoms with Gasteiger partial charge in [0.25, 0.3) is 0 Å². The number of hydrogen-bond donors (Lipinski definition) is 0. The number of amides is 1. The van der Waals surface area contributed by atoms with E-state index in [1.54, 1.807) is 18.3 Å². The number of pyridine rings is 1. The number of carbonyl (C=O) groups is 2. The zero-order valence-electron chi connectivity index (χ0n) is 14.7. The van der Waals surface area contributed by atoms with Gasteiger partial charge >= 0.3 is 5.97 Å². The van der Waals surface area contributed by atoms with Crippen molar-refractivity contribution in [3.63, 3.8) is 0 Å². The molecule has 0 bridgehead atoms. The molecule has 0 radical (unpaired) electrons. The van der Waals surface area contributed by atoms with Crippen molar-refractivity contribution in [1.29, 1.82) is 0 Å². The van der Waals surface area contributed by atoms with Gasteiger partial charge < -0.3 is 14.5 Å². The fourth-order valence-corrected chi connectivity index (χ4v) is 3.45. The summed E-state index contributed by atoms with van der Waals surface area (Å²) in [6.45, 7) is 3.02. The van der Waals surface area contributed by atoms with Crippen LogP contribution >= 0.6 is 0 Å². The third-order valence-electron chi connectivity index (χ3n) is 4.89. The minimum atomic E-state index is -0.361. The van der Waals surface area contributed by atoms with E-state index in [1.807, 2.05) is 4.90 Å². The maximum atomic E-state index is 12.5. The van der Waals surface area contributed by atoms with Gasteiger partial charge in [-0.15, -0.1) is 0 Å². The fourth-order valence-electron chi connectivity index (χ4n) is 3.45. The lowest BCUT2D eigenvalue weighted by Gasteiger charge is -2.23. The molecule has 1 atom stereocenters. The van der Waals surface area contributed by atoms with Crippen LogP contribution in [0.5, 0.6) is 0 Å². The standard InChI is InChI=1S/C19H25N3O3/c1-25-19(24)16-7-8-20-17(14-16)21-9-4-10-22(12-11-21)18(23)13-15-5-2-3-6-15/h2,5,7-8,14-15H,3-4,6,9-13H2,1H3/t15-/m1/s1. The van der Waals surface area contributed by atoms with Gasteiger partial charge in [0.05, 0.1) is 12.7 Å². The Kier molecular flexibility index (Phi) is 5.68. The lowest BCUT2D eigenvalue weighted by Crippen LogP contribution is -2.36. The molecule has 1 amide bonds. The Morgan fingerprint density at radius 1 is 1.28 bits per heavy atom. The van der Waals surface area contributed by atoms with E-state index in [2.05, 4.69) is 22.0 Å². The number of carbonyl (C=O) groups excluding carboxylic acids is 2. The predicted molar refractivity (Wildman–Crippen MR) is 95.5 cm³/mol. The lowest BCUT2D eigenvalue weighted by molar-refractivity contribution is -0.131. The smallest absolute Gasteiger partial charge is 0.338 e. The Morgan fingerprint density at radius 3 is 2.92 bits per heavy atom. The van der Waals surface area contributed by atoms with Gasteiger partial charge in [-0.1, -0.05) is 12.2 Å². The van der Waals surface area contributed by atoms with Crippen molar-refractivity contribution in [2.45, 2.75) is 25.7 Å². The third-order valence-corrected chi connectivity index (χ3v) is 4.89. The number of ether oxygens (including phenoxy) is 1. The van der Waals surface area contributed by atoms with Crippen LogP contribution in [0.2, 0.25) is 0 Å². The quantitative estimate of drug-likeness (QED) is 0.620. The Labute approximate surface area is 148 Å². The second-order valence-electron chi connectivity index (χ2n) is 6.59. The van der Waals surface area contributed by atoms with Crippen LogP contribution in [0.4, 0.5) is 5.82 Å². The first-order valence-corrected chi connectivity index (χ1v) is 8.91. The van der Waals surface area contributed by atoms with Crippen LogP contribution in [0.1, 0.15) is 36.0 Å². The summed E-state index contributed by atoms with van der Waals surface area (Å²) in [6.07, 6.45) is 9.67. The summed E-state index contributed by atoms with van der Waals surface area (Å²) in [4.78, 5) is 32.7. The molecule has 0 unspecified atom stereocenters. The summed E-state index contributed by atoms with van der Waals surface area (Å²) in [6, 6.07) is 3.41. The van der Waals surface area contributed by atoms with E-state index in [9.17, 15) is 9.59 Å². The van der Waals surface area contributed by atoms with Crippen molar-refractivity contribution in [2.75, 3.05) is 38.2 Å². The molecular weight excluding hydrogens is 318 g/mol. The molecule has 1 saturated heterocycles. The van der Waals surface area contributed by atoms with E-state index >= 15 is 0 Å². The van der Waals surface area contributed by atoms with Crippen molar-refractivity contribution in [3.05, 3.63) is 36.0 Å². The molecule has 2 heterocycles. The third kappa shape index (κ3) is 4.38. The molecule has 1 fully saturated rings. The van der Waals surface area contributed by atoms with Crippen molar-refractivity contribution in [3.8, 4) is 0 Å². The fraction of sp³-hybridized carbons (Fsp3) is 0.526. The molecule has 3 rings (SSSR count). The highest BCUT2D eigenvalue weighted by atomic mass is 16.5. The first-order chi connectivity index (χ1) is 12.2. The zero-order valence-corrected chi connectivity index (χ0v) is 14.7. The predicted octanol–water partition coefficient (Wildman–Crippen LogP) is 2.26. The Bertz CT molecular complexity index is 659. The number of rotatable bonds is 4. The number of aromatic nitrogens is 1. The van der Waals surface area contributed by atoms with Crippen molar-refractivity contribution in [2.24, 2.45) is 5.92 Å². The van der Waals surface area contributed by atoms with Gasteiger partial charge in [-0.25, -0.2) is 9.78 Å². The van der Waals surface area contributed by atoms with Gasteiger partial charge in [-0.3, -0.25) is 4.79 Å². The number of esters is 1. The molecule has 1 aliphatic heterocycles. The van der Waals surface area contributed by atoms with Crippen LogP contribution in [-0.4, -0.2) is 55.0 Å². The highest BCUT2D eigenvalue weighted by Crippen LogP contribution is 2.22. The Balaban J connectivity index is 1.60. The maximum absolute atomic E-state index is 12.5. The first kappa shape index (κ1) is 17.5. The van der Waals surface area contributed by atoms with E-state index in [4.69, 9.17) is 4.74 Å². The molecule has 25 heavy (non-hydrogen) atoms. The average Bonchev–Trinajstić information content (AvgIpc) is 3.02. The highest BCUT2D eigenvalue weighted by molar-refractivity contribution is 5.90. The Hall–Kier alpha value is -2.37. The second-order valence-corrected chi connectivity index (χ2v) is 6.59. The minimum absolute atomic E-state index is 0.245. The van der Waals surface area contributed by atoms with Crippen LogP contribution in [0, 0.1) is 5.92 Å². The van der Waals surface area contributed by atoms with Crippen LogP contribution in [-0.2, 0) is 9.53 Å². The first-order valence-electron chi connectivity index (χ1n) is 8.91. The molecule has 0 saturated carbocycles. The van der Waals surface area contributed by atoms with Crippen molar-refractivity contribution in [1.82, 2.24) is 9.88 Å². The van der Waals surface area contributed by atoms with Gasteiger partial charge in [0.2, 0.25) is 5.91 Å². The number of nitrogens with zero attached hydrogens (tertiary/aromatic N) is 3. The molecular formula is C19H25N3O3. The van der Waals surface area contributed by atoms with Gasteiger partial charge in [0.1, 0.15) is 5.82 Å². The molecule has 1 aliphatic carbocycles. The number of allylic oxidation sites excluding steroid dienone is 2. The van der Waals surface area contributed by atoms with E-state index in [-0.39, 0.29) is 11.9 Å². The second kappa shape index (κ2) is 8.14. The van der Waals surface area contributed by atoms with Crippen molar-refractivity contribution < 1.29 is 14.3 Å². The molecule has 1 aromatic heterocycles. The summed E-state index contributed by atoms with van der Waals surface area (Å²) in [5.41, 5.74) is 0.498. The van der Waals surface area contributed by atoms with E-state index in [0.717, 1.165) is 44.7 Å². The molecule has 0 N–H and O–H groups in total. The monoisotopic (exact) mass is 343 g/mol. The van der Waals surface area contributed by atoms with Gasteiger partial charge in [0, 0.05) is 38.8 Å². The van der Waals surface area contributed by atoms with E-state index < -0.39 is 0 Å². The lowest BCUT2D eigenvalue weighted by atomic mass is 10.0. The van der Waals surface area contributed by atoms with Crippen LogP contribution in [0.15, 0.2) is 30.5 Å². The number of anilines is 1. The summed E-state index contributed by atoms with van der Waals surface area (Å²) in [5.74, 6) is 1.05. The number of methoxy groups -OCH3 is 1. The SMILES string of the molecule is COC(=O)c1ccnc(N2CCCN(C(=O)C[C@@H]3C=CCC3)CC2)c1. The largest absolute Gasteiger partial charge is 0.465 e. The van der Waals surface area contributed by atoms with Gasteiger partial charge in [0.15, 0.2) is 0 Å². The molecule has 6 heteroatoms. The molecule has 134 valence electrons. The molecule has 0 aromatic carbocycles. The molecule has 2 aliphatic rings. The van der Waals surface area contributed by atoms with Crippen LogP contribution in [0.25, 0.3) is 0 Å². The van der Waals surface area contributed by atoms with Crippen molar-refractivity contribution >= 4 is 17.7 Å². The highest BCUT2D eigenvalue weighted by Gasteiger charge is 2.23. The van der Waals surface area contributed by atoms with Gasteiger partial charge in [-0.05, 0) is 37.3 Å². The van der Waals surface area contributed by atoms with Crippen LogP contribution < -0.4 is 4.90 Å². The minimum Gasteiger partial charge on any atom is -0.465 e. The summed E-state index contributed by atoms with van der Waals surface area (Å²) in [7, 11) is 1.37. The topological polar surface area (TPSA) is 62.7 Å². The Morgan fingerprint density at radius 2 is 2.16 bits per heavy atom. The average molecular weight is 343 g/mol. The molecule has 1 aromatic rings. The normalized spacial score (nSPS) is 20.4. The zero-order chi connectivity index (χ0) is 17.6.